The zero-order chi connectivity index (χ0) is 26.3. The van der Waals surface area contributed by atoms with Gasteiger partial charge in [-0.1, -0.05) is 24.3 Å². The largest absolute Gasteiger partial charge is 0.345 e. The van der Waals surface area contributed by atoms with Crippen LogP contribution < -0.4 is 5.32 Å². The van der Waals surface area contributed by atoms with Gasteiger partial charge in [-0.3, -0.25) is 9.59 Å². The summed E-state index contributed by atoms with van der Waals surface area (Å²) in [6.07, 6.45) is 1.42. The van der Waals surface area contributed by atoms with Gasteiger partial charge in [-0.15, -0.1) is 11.3 Å². The van der Waals surface area contributed by atoms with Gasteiger partial charge in [0.2, 0.25) is 10.0 Å². The number of rotatable bonds is 5. The molecule has 1 aromatic heterocycles. The van der Waals surface area contributed by atoms with Crippen molar-refractivity contribution in [3.8, 4) is 0 Å². The van der Waals surface area contributed by atoms with Crippen LogP contribution in [0.1, 0.15) is 42.3 Å². The van der Waals surface area contributed by atoms with Crippen LogP contribution in [0.3, 0.4) is 0 Å². The number of benzene rings is 2. The number of carbonyl (C=O) groups is 2. The van der Waals surface area contributed by atoms with Crippen molar-refractivity contribution in [3.63, 3.8) is 0 Å². The standard InChI is InChI=1S/C27H30N4O4S2/c1-29(2)27(33)24-22-13-14-30(3)17-23(22)36-26(24)28-25(32)19-8-10-21(11-9-19)37(34,35)31-15-12-18-6-4-5-7-20(18)16-31/h4-11H,12-17H2,1-3H3,(H,28,32). The lowest BCUT2D eigenvalue weighted by Crippen LogP contribution is -2.35. The maximum atomic E-state index is 13.3. The predicted octanol–water partition coefficient (Wildman–Crippen LogP) is 3.44. The summed E-state index contributed by atoms with van der Waals surface area (Å²) in [5.74, 6) is -0.516. The van der Waals surface area contributed by atoms with E-state index in [4.69, 9.17) is 0 Å². The van der Waals surface area contributed by atoms with Crippen molar-refractivity contribution in [1.29, 1.82) is 0 Å². The number of amides is 2. The van der Waals surface area contributed by atoms with Crippen molar-refractivity contribution < 1.29 is 18.0 Å². The van der Waals surface area contributed by atoms with Gasteiger partial charge in [0.25, 0.3) is 11.8 Å². The zero-order valence-corrected chi connectivity index (χ0v) is 22.8. The van der Waals surface area contributed by atoms with E-state index in [1.807, 2.05) is 31.3 Å². The fourth-order valence-corrected chi connectivity index (χ4v) is 7.58. The maximum absolute atomic E-state index is 13.3. The Bertz CT molecular complexity index is 1460. The van der Waals surface area contributed by atoms with E-state index >= 15 is 0 Å². The number of fused-ring (bicyclic) bond motifs is 2. The molecule has 5 rings (SSSR count). The quantitative estimate of drug-likeness (QED) is 0.538. The van der Waals surface area contributed by atoms with Crippen LogP contribution in [-0.4, -0.2) is 68.6 Å². The van der Waals surface area contributed by atoms with Crippen molar-refractivity contribution >= 4 is 38.2 Å². The van der Waals surface area contributed by atoms with Gasteiger partial charge in [-0.25, -0.2) is 8.42 Å². The molecule has 1 N–H and O–H groups in total. The minimum atomic E-state index is -3.69. The molecule has 8 nitrogen and oxygen atoms in total. The summed E-state index contributed by atoms with van der Waals surface area (Å²) < 4.78 is 28.0. The van der Waals surface area contributed by atoms with Crippen molar-refractivity contribution in [2.45, 2.75) is 30.8 Å². The first-order valence-electron chi connectivity index (χ1n) is 12.2. The minimum Gasteiger partial charge on any atom is -0.345 e. The van der Waals surface area contributed by atoms with Gasteiger partial charge >= 0.3 is 0 Å². The van der Waals surface area contributed by atoms with E-state index in [1.165, 1.54) is 50.4 Å². The number of nitrogens with one attached hydrogen (secondary N) is 1. The third-order valence-electron chi connectivity index (χ3n) is 6.94. The predicted molar refractivity (Wildman–Crippen MR) is 145 cm³/mol. The van der Waals surface area contributed by atoms with Gasteiger partial charge in [0.05, 0.1) is 10.5 Å². The smallest absolute Gasteiger partial charge is 0.256 e. The summed E-state index contributed by atoms with van der Waals surface area (Å²) >= 11 is 1.43. The van der Waals surface area contributed by atoms with Crippen LogP contribution in [0.15, 0.2) is 53.4 Å². The molecule has 0 spiro atoms. The molecule has 0 radical (unpaired) electrons. The lowest BCUT2D eigenvalue weighted by molar-refractivity contribution is 0.0827. The highest BCUT2D eigenvalue weighted by Gasteiger charge is 2.30. The summed E-state index contributed by atoms with van der Waals surface area (Å²) in [5.41, 5.74) is 4.07. The van der Waals surface area contributed by atoms with Gasteiger partial charge in [-0.05, 0) is 60.8 Å². The van der Waals surface area contributed by atoms with E-state index in [2.05, 4.69) is 10.2 Å². The van der Waals surface area contributed by atoms with Crippen LogP contribution in [0.25, 0.3) is 0 Å². The van der Waals surface area contributed by atoms with Gasteiger partial charge in [0.1, 0.15) is 5.00 Å². The highest BCUT2D eigenvalue weighted by Crippen LogP contribution is 2.37. The second-order valence-electron chi connectivity index (χ2n) is 9.73. The Hall–Kier alpha value is -3.05. The Labute approximate surface area is 221 Å². The summed E-state index contributed by atoms with van der Waals surface area (Å²) in [5, 5.41) is 3.46. The number of sulfonamides is 1. The van der Waals surface area contributed by atoms with E-state index in [0.717, 1.165) is 35.5 Å². The zero-order valence-electron chi connectivity index (χ0n) is 21.2. The number of likely N-dealkylation sites (N-methyl/N-ethyl adjacent to an activating group) is 1. The monoisotopic (exact) mass is 538 g/mol. The van der Waals surface area contributed by atoms with E-state index in [1.54, 1.807) is 14.1 Å². The highest BCUT2D eigenvalue weighted by atomic mass is 32.2. The first-order valence-corrected chi connectivity index (χ1v) is 14.4. The van der Waals surface area contributed by atoms with Crippen LogP contribution in [0.2, 0.25) is 0 Å². The third-order valence-corrected chi connectivity index (χ3v) is 9.94. The lowest BCUT2D eigenvalue weighted by Gasteiger charge is -2.28. The van der Waals surface area contributed by atoms with Gasteiger partial charge < -0.3 is 15.1 Å². The van der Waals surface area contributed by atoms with E-state index in [9.17, 15) is 18.0 Å². The van der Waals surface area contributed by atoms with Crippen LogP contribution >= 0.6 is 11.3 Å². The van der Waals surface area contributed by atoms with E-state index in [0.29, 0.717) is 35.6 Å². The average molecular weight is 539 g/mol. The Morgan fingerprint density at radius 2 is 1.65 bits per heavy atom. The Balaban J connectivity index is 1.36. The molecule has 0 saturated carbocycles. The fraction of sp³-hybridized carbons (Fsp3) is 0.333. The molecule has 0 unspecified atom stereocenters. The summed E-state index contributed by atoms with van der Waals surface area (Å²) in [6.45, 7) is 2.34. The first kappa shape index (κ1) is 25.6. The molecule has 0 atom stereocenters. The normalized spacial score (nSPS) is 16.1. The Morgan fingerprint density at radius 1 is 0.946 bits per heavy atom. The van der Waals surface area contributed by atoms with Crippen LogP contribution in [0.5, 0.6) is 0 Å². The molecule has 0 aliphatic carbocycles. The van der Waals surface area contributed by atoms with Crippen molar-refractivity contribution in [2.75, 3.05) is 39.5 Å². The molecular weight excluding hydrogens is 508 g/mol. The summed E-state index contributed by atoms with van der Waals surface area (Å²) in [7, 11) is 1.75. The summed E-state index contributed by atoms with van der Waals surface area (Å²) in [4.78, 5) is 31.1. The van der Waals surface area contributed by atoms with Crippen molar-refractivity contribution in [1.82, 2.24) is 14.1 Å². The van der Waals surface area contributed by atoms with Gasteiger partial charge in [-0.2, -0.15) is 4.31 Å². The molecule has 0 bridgehead atoms. The topological polar surface area (TPSA) is 90.0 Å². The molecule has 3 heterocycles. The average Bonchev–Trinajstić information content (AvgIpc) is 3.24. The number of hydrogen-bond donors (Lipinski definition) is 1. The number of hydrogen-bond acceptors (Lipinski definition) is 6. The molecule has 2 aromatic carbocycles. The molecular formula is C27H30N4O4S2. The van der Waals surface area contributed by atoms with Crippen molar-refractivity contribution in [2.24, 2.45) is 0 Å². The van der Waals surface area contributed by atoms with Gasteiger partial charge in [0.15, 0.2) is 0 Å². The second-order valence-corrected chi connectivity index (χ2v) is 12.8. The number of carbonyl (C=O) groups excluding carboxylic acids is 2. The van der Waals surface area contributed by atoms with Crippen LogP contribution in [-0.2, 0) is 36.0 Å². The Kier molecular flexibility index (Phi) is 6.93. The SMILES string of the molecule is CN1CCc2c(sc(NC(=O)c3ccc(S(=O)(=O)N4CCc5ccccc5C4)cc3)c2C(=O)N(C)C)C1. The molecule has 2 aliphatic heterocycles. The molecule has 37 heavy (non-hydrogen) atoms. The van der Waals surface area contributed by atoms with Crippen molar-refractivity contribution in [3.05, 3.63) is 81.2 Å². The second kappa shape index (κ2) is 10.0. The number of nitrogens with zero attached hydrogens (tertiary/aromatic N) is 3. The Morgan fingerprint density at radius 3 is 2.35 bits per heavy atom. The molecule has 0 fully saturated rings. The molecule has 194 valence electrons. The third kappa shape index (κ3) is 4.94. The molecule has 3 aromatic rings. The molecule has 2 aliphatic rings. The maximum Gasteiger partial charge on any atom is 0.256 e. The number of anilines is 1. The van der Waals surface area contributed by atoms with Gasteiger partial charge in [0, 0.05) is 50.7 Å². The van der Waals surface area contributed by atoms with Crippen LogP contribution in [0, 0.1) is 0 Å². The van der Waals surface area contributed by atoms with E-state index < -0.39 is 10.0 Å². The first-order chi connectivity index (χ1) is 17.6. The minimum absolute atomic E-state index is 0.137. The molecule has 2 amide bonds. The summed E-state index contributed by atoms with van der Waals surface area (Å²) in [6, 6.07) is 13.9. The number of thiophene rings is 1. The highest BCUT2D eigenvalue weighted by molar-refractivity contribution is 7.89. The fourth-order valence-electron chi connectivity index (χ4n) is 4.85. The lowest BCUT2D eigenvalue weighted by atomic mass is 10.0. The van der Waals surface area contributed by atoms with E-state index in [-0.39, 0.29) is 16.7 Å². The van der Waals surface area contributed by atoms with Crippen LogP contribution in [0.4, 0.5) is 5.00 Å². The molecule has 10 heteroatoms. The molecule has 0 saturated heterocycles.